The molecule has 1 aromatic carbocycles. The second kappa shape index (κ2) is 10.4. The maximum atomic E-state index is 12.5. The molecule has 1 aliphatic carbocycles. The highest BCUT2D eigenvalue weighted by Crippen LogP contribution is 2.19. The van der Waals surface area contributed by atoms with Crippen molar-refractivity contribution in [3.63, 3.8) is 0 Å². The lowest BCUT2D eigenvalue weighted by Gasteiger charge is -2.34. The molecule has 1 aliphatic heterocycles. The van der Waals surface area contributed by atoms with E-state index in [4.69, 9.17) is 0 Å². The molecule has 0 spiro atoms. The van der Waals surface area contributed by atoms with Crippen LogP contribution in [0.25, 0.3) is 0 Å². The Morgan fingerprint density at radius 3 is 2.46 bits per heavy atom. The molecule has 2 amide bonds. The van der Waals surface area contributed by atoms with Crippen molar-refractivity contribution in [1.82, 2.24) is 15.1 Å². The van der Waals surface area contributed by atoms with Crippen LogP contribution in [0, 0.1) is 6.92 Å². The van der Waals surface area contributed by atoms with Crippen LogP contribution < -0.4 is 5.32 Å². The zero-order valence-electron chi connectivity index (χ0n) is 17.1. The number of carbonyl (C=O) groups is 2. The van der Waals surface area contributed by atoms with Gasteiger partial charge in [0.1, 0.15) is 0 Å². The predicted molar refractivity (Wildman–Crippen MR) is 112 cm³/mol. The fourth-order valence-corrected chi connectivity index (χ4v) is 3.90. The van der Waals surface area contributed by atoms with Crippen molar-refractivity contribution in [1.29, 1.82) is 0 Å². The van der Waals surface area contributed by atoms with E-state index in [1.54, 1.807) is 0 Å². The minimum Gasteiger partial charge on any atom is -0.355 e. The van der Waals surface area contributed by atoms with Gasteiger partial charge in [-0.05, 0) is 44.6 Å². The maximum absolute atomic E-state index is 12.5. The number of hydrogen-bond donors (Lipinski definition) is 1. The number of nitrogens with one attached hydrogen (secondary N) is 1. The zero-order chi connectivity index (χ0) is 19.8. The van der Waals surface area contributed by atoms with Crippen molar-refractivity contribution in [3.05, 3.63) is 47.0 Å². The second-order valence-corrected chi connectivity index (χ2v) is 8.03. The highest BCUT2D eigenvalue weighted by atomic mass is 16.2. The lowest BCUT2D eigenvalue weighted by molar-refractivity contribution is -0.132. The summed E-state index contributed by atoms with van der Waals surface area (Å²) in [5.74, 6) is 0.268. The van der Waals surface area contributed by atoms with E-state index in [0.717, 1.165) is 31.6 Å². The molecular weight excluding hydrogens is 350 g/mol. The molecular formula is C23H33N3O2. The van der Waals surface area contributed by atoms with Gasteiger partial charge in [0.2, 0.25) is 11.8 Å². The number of aryl methyl sites for hydroxylation is 1. The van der Waals surface area contributed by atoms with Gasteiger partial charge in [-0.2, -0.15) is 0 Å². The van der Waals surface area contributed by atoms with Gasteiger partial charge in [0, 0.05) is 32.7 Å². The Balaban J connectivity index is 1.33. The van der Waals surface area contributed by atoms with Gasteiger partial charge < -0.3 is 10.2 Å². The average molecular weight is 384 g/mol. The molecule has 2 aliphatic rings. The number of piperazine rings is 1. The summed E-state index contributed by atoms with van der Waals surface area (Å²) in [5, 5.41) is 3.05. The minimum atomic E-state index is 0.0934. The van der Waals surface area contributed by atoms with Gasteiger partial charge in [-0.3, -0.25) is 14.5 Å². The maximum Gasteiger partial charge on any atom is 0.234 e. The summed E-state index contributed by atoms with van der Waals surface area (Å²) in [6.45, 7) is 6.14. The van der Waals surface area contributed by atoms with E-state index in [0.29, 0.717) is 26.1 Å². The summed E-state index contributed by atoms with van der Waals surface area (Å²) in [7, 11) is 0. The highest BCUT2D eigenvalue weighted by Gasteiger charge is 2.22. The van der Waals surface area contributed by atoms with Gasteiger partial charge in [0.05, 0.1) is 13.0 Å². The summed E-state index contributed by atoms with van der Waals surface area (Å²) < 4.78 is 0. The van der Waals surface area contributed by atoms with Crippen LogP contribution >= 0.6 is 0 Å². The summed E-state index contributed by atoms with van der Waals surface area (Å²) in [6.07, 6.45) is 8.73. The van der Waals surface area contributed by atoms with Crippen molar-refractivity contribution in [3.8, 4) is 0 Å². The molecule has 1 fully saturated rings. The molecule has 28 heavy (non-hydrogen) atoms. The smallest absolute Gasteiger partial charge is 0.234 e. The molecule has 0 aromatic heterocycles. The summed E-state index contributed by atoms with van der Waals surface area (Å²) in [5.41, 5.74) is 3.76. The lowest BCUT2D eigenvalue weighted by Crippen LogP contribution is -2.51. The van der Waals surface area contributed by atoms with E-state index in [9.17, 15) is 9.59 Å². The molecule has 152 valence electrons. The highest BCUT2D eigenvalue weighted by molar-refractivity contribution is 5.79. The lowest BCUT2D eigenvalue weighted by atomic mass is 9.97. The molecule has 1 heterocycles. The fourth-order valence-electron chi connectivity index (χ4n) is 3.90. The number of nitrogens with zero attached hydrogens (tertiary/aromatic N) is 2. The first kappa shape index (κ1) is 20.6. The van der Waals surface area contributed by atoms with Crippen LogP contribution in [0.3, 0.4) is 0 Å². The minimum absolute atomic E-state index is 0.0934. The van der Waals surface area contributed by atoms with Gasteiger partial charge in [-0.15, -0.1) is 0 Å². The van der Waals surface area contributed by atoms with Crippen LogP contribution in [0.1, 0.15) is 43.2 Å². The summed E-state index contributed by atoms with van der Waals surface area (Å²) >= 11 is 0. The molecule has 0 atom stereocenters. The molecule has 3 rings (SSSR count). The van der Waals surface area contributed by atoms with Crippen molar-refractivity contribution >= 4 is 11.8 Å². The first-order valence-corrected chi connectivity index (χ1v) is 10.6. The van der Waals surface area contributed by atoms with Crippen LogP contribution in [0.15, 0.2) is 35.9 Å². The predicted octanol–water partition coefficient (Wildman–Crippen LogP) is 2.69. The SMILES string of the molecule is Cc1ccc(CC(=O)N2CCN(CC(=O)NCCC3=CCCCC3)CC2)cc1. The molecule has 0 unspecified atom stereocenters. The molecule has 0 radical (unpaired) electrons. The van der Waals surface area contributed by atoms with Crippen LogP contribution in [-0.4, -0.2) is 60.9 Å². The van der Waals surface area contributed by atoms with Crippen LogP contribution in [0.5, 0.6) is 0 Å². The van der Waals surface area contributed by atoms with Gasteiger partial charge in [0.15, 0.2) is 0 Å². The summed E-state index contributed by atoms with van der Waals surface area (Å²) in [6, 6.07) is 8.14. The third-order valence-electron chi connectivity index (χ3n) is 5.72. The van der Waals surface area contributed by atoms with E-state index < -0.39 is 0 Å². The van der Waals surface area contributed by atoms with Gasteiger partial charge in [-0.25, -0.2) is 0 Å². The Kier molecular flexibility index (Phi) is 7.66. The topological polar surface area (TPSA) is 52.7 Å². The van der Waals surface area contributed by atoms with Crippen molar-refractivity contribution < 1.29 is 9.59 Å². The first-order valence-electron chi connectivity index (χ1n) is 10.6. The van der Waals surface area contributed by atoms with E-state index >= 15 is 0 Å². The summed E-state index contributed by atoms with van der Waals surface area (Å²) in [4.78, 5) is 28.7. The molecule has 1 N–H and O–H groups in total. The first-order chi connectivity index (χ1) is 13.6. The molecule has 5 heteroatoms. The van der Waals surface area contributed by atoms with Crippen LogP contribution in [0.2, 0.25) is 0 Å². The van der Waals surface area contributed by atoms with Crippen molar-refractivity contribution in [2.75, 3.05) is 39.3 Å². The third kappa shape index (κ3) is 6.48. The van der Waals surface area contributed by atoms with Gasteiger partial charge in [0.25, 0.3) is 0 Å². The fraction of sp³-hybridized carbons (Fsp3) is 0.565. The quantitative estimate of drug-likeness (QED) is 0.737. The third-order valence-corrected chi connectivity index (χ3v) is 5.72. The van der Waals surface area contributed by atoms with Crippen molar-refractivity contribution in [2.45, 2.75) is 45.4 Å². The molecule has 1 saturated heterocycles. The standard InChI is InChI=1S/C23H33N3O2/c1-19-7-9-21(10-8-19)17-23(28)26-15-13-25(14-16-26)18-22(27)24-12-11-20-5-3-2-4-6-20/h5,7-10H,2-4,6,11-18H2,1H3,(H,24,27). The second-order valence-electron chi connectivity index (χ2n) is 8.03. The number of benzene rings is 1. The Labute approximate surface area is 168 Å². The van der Waals surface area contributed by atoms with E-state index in [1.165, 1.54) is 36.8 Å². The Hall–Kier alpha value is -2.14. The number of carbonyl (C=O) groups excluding carboxylic acids is 2. The average Bonchev–Trinajstić information content (AvgIpc) is 2.71. The van der Waals surface area contributed by atoms with Crippen LogP contribution in [0.4, 0.5) is 0 Å². The van der Waals surface area contributed by atoms with Crippen molar-refractivity contribution in [2.24, 2.45) is 0 Å². The molecule has 5 nitrogen and oxygen atoms in total. The Morgan fingerprint density at radius 2 is 1.79 bits per heavy atom. The normalized spacial score (nSPS) is 17.9. The van der Waals surface area contributed by atoms with Crippen LogP contribution in [-0.2, 0) is 16.0 Å². The molecule has 0 saturated carbocycles. The largest absolute Gasteiger partial charge is 0.355 e. The molecule has 1 aromatic rings. The van der Waals surface area contributed by atoms with E-state index in [1.807, 2.05) is 36.1 Å². The van der Waals surface area contributed by atoms with Gasteiger partial charge in [-0.1, -0.05) is 41.5 Å². The zero-order valence-corrected chi connectivity index (χ0v) is 17.1. The number of allylic oxidation sites excluding steroid dienone is 1. The number of hydrogen-bond acceptors (Lipinski definition) is 3. The Morgan fingerprint density at radius 1 is 1.04 bits per heavy atom. The number of amides is 2. The monoisotopic (exact) mass is 383 g/mol. The van der Waals surface area contributed by atoms with E-state index in [-0.39, 0.29) is 11.8 Å². The number of rotatable bonds is 7. The Bertz CT molecular complexity index is 688. The van der Waals surface area contributed by atoms with Gasteiger partial charge >= 0.3 is 0 Å². The molecule has 0 bridgehead atoms. The van der Waals surface area contributed by atoms with E-state index in [2.05, 4.69) is 16.3 Å².